The molecule has 13 heavy (non-hydrogen) atoms. The third kappa shape index (κ3) is 3.09. The fourth-order valence-corrected chi connectivity index (χ4v) is 0.705. The van der Waals surface area contributed by atoms with E-state index in [1.165, 1.54) is 7.11 Å². The molecule has 0 aliphatic carbocycles. The summed E-state index contributed by atoms with van der Waals surface area (Å²) in [5.41, 5.74) is 0.578. The van der Waals surface area contributed by atoms with E-state index in [4.69, 9.17) is 9.84 Å². The lowest BCUT2D eigenvalue weighted by Gasteiger charge is -1.94. The van der Waals surface area contributed by atoms with Crippen LogP contribution in [0.2, 0.25) is 0 Å². The van der Waals surface area contributed by atoms with Crippen molar-refractivity contribution in [3.05, 3.63) is 17.8 Å². The van der Waals surface area contributed by atoms with Crippen LogP contribution in [-0.2, 0) is 0 Å². The van der Waals surface area contributed by atoms with Crippen LogP contribution in [0.4, 0.5) is 0 Å². The van der Waals surface area contributed by atoms with Gasteiger partial charge in [-0.2, -0.15) is 0 Å². The first-order valence-electron chi connectivity index (χ1n) is 3.84. The summed E-state index contributed by atoms with van der Waals surface area (Å²) in [6.07, 6.45) is 0.452. The Kier molecular flexibility index (Phi) is 3.74. The average Bonchev–Trinajstić information content (AvgIpc) is 2.19. The van der Waals surface area contributed by atoms with Crippen LogP contribution in [0.1, 0.15) is 12.1 Å². The van der Waals surface area contributed by atoms with Gasteiger partial charge in [0, 0.05) is 12.5 Å². The van der Waals surface area contributed by atoms with Gasteiger partial charge in [0.05, 0.1) is 13.7 Å². The number of aliphatic hydroxyl groups excluding tert-OH is 1. The molecule has 68 valence electrons. The van der Waals surface area contributed by atoms with Crippen LogP contribution in [0.25, 0.3) is 0 Å². The summed E-state index contributed by atoms with van der Waals surface area (Å²) in [7, 11) is 1.53. The molecule has 0 saturated carbocycles. The SMILES string of the molecule is COc1ccc(C#CCCO)nn1. The van der Waals surface area contributed by atoms with Crippen molar-refractivity contribution in [1.29, 1.82) is 0 Å². The van der Waals surface area contributed by atoms with Gasteiger partial charge < -0.3 is 9.84 Å². The van der Waals surface area contributed by atoms with Crippen LogP contribution in [0, 0.1) is 11.8 Å². The Hall–Kier alpha value is -1.60. The number of rotatable bonds is 2. The maximum absolute atomic E-state index is 8.47. The van der Waals surface area contributed by atoms with Crippen molar-refractivity contribution in [3.63, 3.8) is 0 Å². The highest BCUT2D eigenvalue weighted by Gasteiger charge is 1.92. The summed E-state index contributed by atoms with van der Waals surface area (Å²) in [6, 6.07) is 3.41. The molecular weight excluding hydrogens is 168 g/mol. The highest BCUT2D eigenvalue weighted by molar-refractivity contribution is 5.27. The van der Waals surface area contributed by atoms with Gasteiger partial charge in [0.25, 0.3) is 0 Å². The molecule has 1 aromatic rings. The number of aromatic nitrogens is 2. The minimum absolute atomic E-state index is 0.0661. The molecular formula is C9H10N2O2. The lowest BCUT2D eigenvalue weighted by Crippen LogP contribution is -1.91. The maximum atomic E-state index is 8.47. The molecule has 0 aliphatic rings. The molecule has 0 atom stereocenters. The van der Waals surface area contributed by atoms with E-state index in [2.05, 4.69) is 22.0 Å². The molecule has 1 aromatic heterocycles. The Bertz CT molecular complexity index is 311. The van der Waals surface area contributed by atoms with Crippen LogP contribution < -0.4 is 4.74 Å². The van der Waals surface area contributed by atoms with Gasteiger partial charge in [0.1, 0.15) is 5.69 Å². The van der Waals surface area contributed by atoms with E-state index in [-0.39, 0.29) is 6.61 Å². The molecule has 4 nitrogen and oxygen atoms in total. The standard InChI is InChI=1S/C9H10N2O2/c1-13-9-6-5-8(10-11-9)4-2-3-7-12/h5-6,12H,3,7H2,1H3. The quantitative estimate of drug-likeness (QED) is 0.658. The van der Waals surface area contributed by atoms with Crippen molar-refractivity contribution in [2.45, 2.75) is 6.42 Å². The largest absolute Gasteiger partial charge is 0.480 e. The predicted molar refractivity (Wildman–Crippen MR) is 47.2 cm³/mol. The van der Waals surface area contributed by atoms with Gasteiger partial charge in [-0.15, -0.1) is 10.2 Å². The van der Waals surface area contributed by atoms with Crippen LogP contribution in [0.5, 0.6) is 5.88 Å². The molecule has 0 saturated heterocycles. The van der Waals surface area contributed by atoms with E-state index in [1.54, 1.807) is 12.1 Å². The van der Waals surface area contributed by atoms with E-state index >= 15 is 0 Å². The fraction of sp³-hybridized carbons (Fsp3) is 0.333. The van der Waals surface area contributed by atoms with Crippen molar-refractivity contribution in [2.24, 2.45) is 0 Å². The van der Waals surface area contributed by atoms with E-state index in [0.29, 0.717) is 18.0 Å². The highest BCUT2D eigenvalue weighted by atomic mass is 16.5. The molecule has 1 rings (SSSR count). The Morgan fingerprint density at radius 3 is 2.85 bits per heavy atom. The first-order chi connectivity index (χ1) is 6.36. The normalized spacial score (nSPS) is 8.77. The van der Waals surface area contributed by atoms with Crippen LogP contribution in [-0.4, -0.2) is 29.0 Å². The third-order valence-corrected chi connectivity index (χ3v) is 1.30. The summed E-state index contributed by atoms with van der Waals surface area (Å²) in [5, 5.41) is 16.0. The zero-order chi connectivity index (χ0) is 9.52. The Labute approximate surface area is 76.6 Å². The summed E-state index contributed by atoms with van der Waals surface area (Å²) < 4.78 is 4.83. The summed E-state index contributed by atoms with van der Waals surface area (Å²) in [6.45, 7) is 0.0661. The molecule has 0 aliphatic heterocycles. The molecule has 0 aromatic carbocycles. The maximum Gasteiger partial charge on any atom is 0.233 e. The molecule has 1 heterocycles. The lowest BCUT2D eigenvalue weighted by molar-refractivity contribution is 0.305. The van der Waals surface area contributed by atoms with E-state index < -0.39 is 0 Å². The van der Waals surface area contributed by atoms with Gasteiger partial charge in [-0.25, -0.2) is 0 Å². The molecule has 1 N–H and O–H groups in total. The zero-order valence-electron chi connectivity index (χ0n) is 7.32. The summed E-state index contributed by atoms with van der Waals surface area (Å²) in [4.78, 5) is 0. The second-order valence-electron chi connectivity index (χ2n) is 2.24. The van der Waals surface area contributed by atoms with Gasteiger partial charge in [0.15, 0.2) is 0 Å². The van der Waals surface area contributed by atoms with Gasteiger partial charge in [-0.1, -0.05) is 5.92 Å². The minimum Gasteiger partial charge on any atom is -0.480 e. The molecule has 0 spiro atoms. The van der Waals surface area contributed by atoms with Crippen LogP contribution in [0.15, 0.2) is 12.1 Å². The smallest absolute Gasteiger partial charge is 0.233 e. The van der Waals surface area contributed by atoms with Crippen LogP contribution >= 0.6 is 0 Å². The first kappa shape index (κ1) is 9.49. The lowest BCUT2D eigenvalue weighted by atomic mass is 10.3. The number of ether oxygens (including phenoxy) is 1. The van der Waals surface area contributed by atoms with Gasteiger partial charge >= 0.3 is 0 Å². The fourth-order valence-electron chi connectivity index (χ4n) is 0.705. The van der Waals surface area contributed by atoms with E-state index in [0.717, 1.165) is 0 Å². The first-order valence-corrected chi connectivity index (χ1v) is 3.84. The number of nitrogens with zero attached hydrogens (tertiary/aromatic N) is 2. The molecule has 4 heteroatoms. The second kappa shape index (κ2) is 5.12. The van der Waals surface area contributed by atoms with Crippen molar-refractivity contribution in [3.8, 4) is 17.7 Å². The number of hydrogen-bond acceptors (Lipinski definition) is 4. The Morgan fingerprint density at radius 1 is 1.46 bits per heavy atom. The van der Waals surface area contributed by atoms with E-state index in [9.17, 15) is 0 Å². The van der Waals surface area contributed by atoms with Crippen molar-refractivity contribution in [1.82, 2.24) is 10.2 Å². The van der Waals surface area contributed by atoms with Crippen LogP contribution in [0.3, 0.4) is 0 Å². The zero-order valence-corrected chi connectivity index (χ0v) is 7.32. The number of methoxy groups -OCH3 is 1. The topological polar surface area (TPSA) is 55.2 Å². The molecule has 0 amide bonds. The number of hydrogen-bond donors (Lipinski definition) is 1. The molecule has 0 fully saturated rings. The molecule has 0 radical (unpaired) electrons. The summed E-state index contributed by atoms with van der Waals surface area (Å²) in [5.74, 6) is 5.97. The van der Waals surface area contributed by atoms with Gasteiger partial charge in [-0.3, -0.25) is 0 Å². The number of aliphatic hydroxyl groups is 1. The van der Waals surface area contributed by atoms with Gasteiger partial charge in [0.2, 0.25) is 5.88 Å². The van der Waals surface area contributed by atoms with Crippen molar-refractivity contribution >= 4 is 0 Å². The Morgan fingerprint density at radius 2 is 2.31 bits per heavy atom. The Balaban J connectivity index is 2.65. The predicted octanol–water partition coefficient (Wildman–Crippen LogP) is 0.219. The second-order valence-corrected chi connectivity index (χ2v) is 2.24. The monoisotopic (exact) mass is 178 g/mol. The highest BCUT2D eigenvalue weighted by Crippen LogP contribution is 2.01. The van der Waals surface area contributed by atoms with Gasteiger partial charge in [-0.05, 0) is 12.0 Å². The van der Waals surface area contributed by atoms with E-state index in [1.807, 2.05) is 0 Å². The molecule has 0 bridgehead atoms. The minimum atomic E-state index is 0.0661. The average molecular weight is 178 g/mol. The molecule has 0 unspecified atom stereocenters. The van der Waals surface area contributed by atoms with Crippen molar-refractivity contribution < 1.29 is 9.84 Å². The summed E-state index contributed by atoms with van der Waals surface area (Å²) >= 11 is 0. The third-order valence-electron chi connectivity index (χ3n) is 1.30. The van der Waals surface area contributed by atoms with Crippen molar-refractivity contribution in [2.75, 3.05) is 13.7 Å².